The third kappa shape index (κ3) is 5.39. The number of hydrogen-bond donors (Lipinski definition) is 2. The first-order valence-electron chi connectivity index (χ1n) is 8.15. The minimum Gasteiger partial charge on any atom is -0.489 e. The fourth-order valence-corrected chi connectivity index (χ4v) is 2.35. The molecule has 4 nitrogen and oxygen atoms in total. The predicted molar refractivity (Wildman–Crippen MR) is 101 cm³/mol. The zero-order valence-corrected chi connectivity index (χ0v) is 13.8. The van der Waals surface area contributed by atoms with Gasteiger partial charge in [0.2, 0.25) is 5.91 Å². The first kappa shape index (κ1) is 16.6. The van der Waals surface area contributed by atoms with Crippen LogP contribution in [0.5, 0.6) is 5.75 Å². The Labute approximate surface area is 147 Å². The fourth-order valence-electron chi connectivity index (χ4n) is 2.35. The van der Waals surface area contributed by atoms with Crippen molar-refractivity contribution in [1.29, 1.82) is 0 Å². The average Bonchev–Trinajstić information content (AvgIpc) is 2.67. The van der Waals surface area contributed by atoms with Crippen LogP contribution < -0.4 is 15.4 Å². The van der Waals surface area contributed by atoms with Gasteiger partial charge >= 0.3 is 0 Å². The van der Waals surface area contributed by atoms with Gasteiger partial charge in [0.15, 0.2) is 0 Å². The van der Waals surface area contributed by atoms with Gasteiger partial charge in [0.05, 0.1) is 6.54 Å². The minimum atomic E-state index is -0.107. The summed E-state index contributed by atoms with van der Waals surface area (Å²) in [6.07, 6.45) is 0. The van der Waals surface area contributed by atoms with E-state index in [0.717, 1.165) is 17.0 Å². The molecular formula is C21H20N2O2. The highest BCUT2D eigenvalue weighted by Gasteiger charge is 2.04. The summed E-state index contributed by atoms with van der Waals surface area (Å²) in [6, 6.07) is 27.0. The summed E-state index contributed by atoms with van der Waals surface area (Å²) in [5, 5.41) is 5.95. The van der Waals surface area contributed by atoms with E-state index in [1.165, 1.54) is 0 Å². The molecular weight excluding hydrogens is 312 g/mol. The van der Waals surface area contributed by atoms with Crippen LogP contribution in [0, 0.1) is 0 Å². The summed E-state index contributed by atoms with van der Waals surface area (Å²) in [4.78, 5) is 12.1. The van der Waals surface area contributed by atoms with Crippen LogP contribution >= 0.6 is 0 Å². The van der Waals surface area contributed by atoms with Crippen molar-refractivity contribution in [3.8, 4) is 5.75 Å². The Bertz CT molecular complexity index is 804. The van der Waals surface area contributed by atoms with E-state index in [9.17, 15) is 4.79 Å². The molecule has 0 radical (unpaired) electrons. The van der Waals surface area contributed by atoms with Crippen molar-refractivity contribution >= 4 is 17.3 Å². The molecule has 3 rings (SSSR count). The maximum atomic E-state index is 12.1. The van der Waals surface area contributed by atoms with Gasteiger partial charge in [-0.1, -0.05) is 54.6 Å². The molecule has 0 saturated carbocycles. The highest BCUT2D eigenvalue weighted by atomic mass is 16.5. The number of amides is 1. The van der Waals surface area contributed by atoms with Crippen molar-refractivity contribution in [2.24, 2.45) is 0 Å². The molecule has 4 heteroatoms. The SMILES string of the molecule is O=C(CNc1ccccc1)Nc1cccc(OCc2ccccc2)c1. The molecule has 0 heterocycles. The average molecular weight is 332 g/mol. The number of carbonyl (C=O) groups excluding carboxylic acids is 1. The minimum absolute atomic E-state index is 0.107. The Morgan fingerprint density at radius 2 is 1.48 bits per heavy atom. The molecule has 0 aliphatic rings. The molecule has 126 valence electrons. The molecule has 0 bridgehead atoms. The van der Waals surface area contributed by atoms with Crippen LogP contribution in [-0.2, 0) is 11.4 Å². The third-order valence-electron chi connectivity index (χ3n) is 3.59. The Morgan fingerprint density at radius 3 is 2.24 bits per heavy atom. The lowest BCUT2D eigenvalue weighted by Crippen LogP contribution is -2.21. The lowest BCUT2D eigenvalue weighted by Gasteiger charge is -2.10. The molecule has 1 amide bonds. The van der Waals surface area contributed by atoms with Crippen molar-refractivity contribution < 1.29 is 9.53 Å². The van der Waals surface area contributed by atoms with Crippen molar-refractivity contribution in [3.05, 3.63) is 90.5 Å². The number of rotatable bonds is 7. The highest BCUT2D eigenvalue weighted by molar-refractivity contribution is 5.93. The summed E-state index contributed by atoms with van der Waals surface area (Å²) >= 11 is 0. The van der Waals surface area contributed by atoms with E-state index in [2.05, 4.69) is 10.6 Å². The maximum absolute atomic E-state index is 12.1. The van der Waals surface area contributed by atoms with Crippen LogP contribution in [0.1, 0.15) is 5.56 Å². The Morgan fingerprint density at radius 1 is 0.800 bits per heavy atom. The molecule has 0 unspecified atom stereocenters. The molecule has 0 aromatic heterocycles. The number of benzene rings is 3. The highest BCUT2D eigenvalue weighted by Crippen LogP contribution is 2.18. The van der Waals surface area contributed by atoms with Crippen molar-refractivity contribution in [2.45, 2.75) is 6.61 Å². The molecule has 0 fully saturated rings. The van der Waals surface area contributed by atoms with Gasteiger partial charge in [-0.05, 0) is 29.8 Å². The van der Waals surface area contributed by atoms with Gasteiger partial charge in [-0.25, -0.2) is 0 Å². The number of carbonyl (C=O) groups is 1. The number of ether oxygens (including phenoxy) is 1. The predicted octanol–water partition coefficient (Wildman–Crippen LogP) is 4.32. The molecule has 0 atom stereocenters. The van der Waals surface area contributed by atoms with Crippen LogP contribution in [0.4, 0.5) is 11.4 Å². The van der Waals surface area contributed by atoms with Gasteiger partial charge in [-0.3, -0.25) is 4.79 Å². The zero-order valence-electron chi connectivity index (χ0n) is 13.8. The van der Waals surface area contributed by atoms with E-state index in [1.54, 1.807) is 0 Å². The second-order valence-electron chi connectivity index (χ2n) is 5.57. The quantitative estimate of drug-likeness (QED) is 0.677. The van der Waals surface area contributed by atoms with Crippen molar-refractivity contribution in [2.75, 3.05) is 17.2 Å². The molecule has 25 heavy (non-hydrogen) atoms. The summed E-state index contributed by atoms with van der Waals surface area (Å²) < 4.78 is 5.78. The van der Waals surface area contributed by atoms with E-state index < -0.39 is 0 Å². The summed E-state index contributed by atoms with van der Waals surface area (Å²) in [6.45, 7) is 0.701. The largest absolute Gasteiger partial charge is 0.489 e. The topological polar surface area (TPSA) is 50.4 Å². The molecule has 3 aromatic carbocycles. The molecule has 0 spiro atoms. The monoisotopic (exact) mass is 332 g/mol. The van der Waals surface area contributed by atoms with Crippen molar-refractivity contribution in [1.82, 2.24) is 0 Å². The van der Waals surface area contributed by atoms with Crippen LogP contribution in [-0.4, -0.2) is 12.5 Å². The summed E-state index contributed by atoms with van der Waals surface area (Å²) in [5.41, 5.74) is 2.73. The number of hydrogen-bond acceptors (Lipinski definition) is 3. The molecule has 0 aliphatic heterocycles. The van der Waals surface area contributed by atoms with Gasteiger partial charge < -0.3 is 15.4 Å². The normalized spacial score (nSPS) is 10.1. The van der Waals surface area contributed by atoms with Crippen LogP contribution in [0.25, 0.3) is 0 Å². The van der Waals surface area contributed by atoms with Crippen LogP contribution in [0.3, 0.4) is 0 Å². The smallest absolute Gasteiger partial charge is 0.243 e. The van der Waals surface area contributed by atoms with Crippen LogP contribution in [0.2, 0.25) is 0 Å². The Balaban J connectivity index is 1.51. The van der Waals surface area contributed by atoms with Gasteiger partial charge in [0.25, 0.3) is 0 Å². The van der Waals surface area contributed by atoms with E-state index in [4.69, 9.17) is 4.74 Å². The summed E-state index contributed by atoms with van der Waals surface area (Å²) in [7, 11) is 0. The summed E-state index contributed by atoms with van der Waals surface area (Å²) in [5.74, 6) is 0.613. The molecule has 2 N–H and O–H groups in total. The molecule has 3 aromatic rings. The Kier molecular flexibility index (Phi) is 5.67. The molecule has 0 aliphatic carbocycles. The maximum Gasteiger partial charge on any atom is 0.243 e. The van der Waals surface area contributed by atoms with E-state index in [1.807, 2.05) is 84.9 Å². The van der Waals surface area contributed by atoms with Gasteiger partial charge in [0.1, 0.15) is 12.4 Å². The first-order valence-corrected chi connectivity index (χ1v) is 8.15. The van der Waals surface area contributed by atoms with Crippen LogP contribution in [0.15, 0.2) is 84.9 Å². The van der Waals surface area contributed by atoms with Crippen molar-refractivity contribution in [3.63, 3.8) is 0 Å². The van der Waals surface area contributed by atoms with Gasteiger partial charge in [-0.2, -0.15) is 0 Å². The van der Waals surface area contributed by atoms with E-state index in [0.29, 0.717) is 12.3 Å². The second-order valence-corrected chi connectivity index (χ2v) is 5.57. The number of anilines is 2. The number of nitrogens with one attached hydrogen (secondary N) is 2. The van der Waals surface area contributed by atoms with Gasteiger partial charge in [0, 0.05) is 17.4 Å². The second kappa shape index (κ2) is 8.55. The molecule has 0 saturated heterocycles. The lowest BCUT2D eigenvalue weighted by molar-refractivity contribution is -0.114. The zero-order chi connectivity index (χ0) is 17.3. The van der Waals surface area contributed by atoms with E-state index in [-0.39, 0.29) is 12.5 Å². The number of para-hydroxylation sites is 1. The third-order valence-corrected chi connectivity index (χ3v) is 3.59. The fraction of sp³-hybridized carbons (Fsp3) is 0.0952. The standard InChI is InChI=1S/C21H20N2O2/c24-21(15-22-18-10-5-2-6-11-18)23-19-12-7-13-20(14-19)25-16-17-8-3-1-4-9-17/h1-14,22H,15-16H2,(H,23,24). The van der Waals surface area contributed by atoms with E-state index >= 15 is 0 Å². The van der Waals surface area contributed by atoms with Gasteiger partial charge in [-0.15, -0.1) is 0 Å². The first-order chi connectivity index (χ1) is 12.3. The lowest BCUT2D eigenvalue weighted by atomic mass is 10.2. The Hall–Kier alpha value is -3.27.